The maximum atomic E-state index is 9.16. The van der Waals surface area contributed by atoms with Gasteiger partial charge in [0.05, 0.1) is 41.0 Å². The van der Waals surface area contributed by atoms with Gasteiger partial charge in [0.2, 0.25) is 0 Å². The molecule has 0 radical (unpaired) electrons. The predicted octanol–water partition coefficient (Wildman–Crippen LogP) is 7.36. The van der Waals surface area contributed by atoms with E-state index in [1.54, 1.807) is 0 Å². The molecule has 4 aromatic rings. The lowest BCUT2D eigenvalue weighted by atomic mass is 10.0. The largest absolute Gasteiger partial charge is 0.306 e. The van der Waals surface area contributed by atoms with Crippen molar-refractivity contribution in [1.82, 2.24) is 0 Å². The molecule has 1 heterocycles. The molecular formula is C26H16N4. The first-order valence-corrected chi connectivity index (χ1v) is 9.56. The molecule has 4 heteroatoms. The third-order valence-corrected chi connectivity index (χ3v) is 5.22. The van der Waals surface area contributed by atoms with Gasteiger partial charge in [0.25, 0.3) is 0 Å². The summed E-state index contributed by atoms with van der Waals surface area (Å²) in [5.74, 6) is 0. The van der Waals surface area contributed by atoms with Gasteiger partial charge in [-0.2, -0.15) is 5.26 Å². The fraction of sp³-hybridized carbons (Fsp3) is 0. The van der Waals surface area contributed by atoms with Crippen molar-refractivity contribution < 1.29 is 0 Å². The van der Waals surface area contributed by atoms with Gasteiger partial charge in [0.1, 0.15) is 0 Å². The second-order valence-electron chi connectivity index (χ2n) is 6.94. The van der Waals surface area contributed by atoms with E-state index in [2.05, 4.69) is 45.0 Å². The zero-order valence-electron chi connectivity index (χ0n) is 16.0. The summed E-state index contributed by atoms with van der Waals surface area (Å²) in [6.07, 6.45) is 0. The van der Waals surface area contributed by atoms with Gasteiger partial charge in [-0.25, -0.2) is 4.85 Å². The highest BCUT2D eigenvalue weighted by Gasteiger charge is 2.29. The first-order valence-electron chi connectivity index (χ1n) is 9.56. The molecule has 1 aliphatic heterocycles. The van der Waals surface area contributed by atoms with Crippen molar-refractivity contribution in [3.8, 4) is 6.07 Å². The monoisotopic (exact) mass is 384 g/mol. The van der Waals surface area contributed by atoms with E-state index >= 15 is 0 Å². The number of hydrogen-bond donors (Lipinski definition) is 0. The van der Waals surface area contributed by atoms with Crippen LogP contribution in [0.3, 0.4) is 0 Å². The van der Waals surface area contributed by atoms with E-state index in [9.17, 15) is 0 Å². The summed E-state index contributed by atoms with van der Waals surface area (Å²) < 4.78 is 0. The highest BCUT2D eigenvalue weighted by molar-refractivity contribution is 6.01. The molecule has 0 spiro atoms. The molecule has 0 amide bonds. The molecule has 0 aromatic heterocycles. The standard InChI is InChI=1S/C26H16N4/c1-28-20-12-16-22(17-13-20)30-25-8-4-2-6-23(25)29(24-7-3-5-9-26(24)30)21-14-10-19(18-27)11-15-21/h2-17H. The van der Waals surface area contributed by atoms with Crippen LogP contribution in [0.25, 0.3) is 4.85 Å². The summed E-state index contributed by atoms with van der Waals surface area (Å²) >= 11 is 0. The molecule has 0 saturated heterocycles. The summed E-state index contributed by atoms with van der Waals surface area (Å²) in [5.41, 5.74) is 7.46. The van der Waals surface area contributed by atoms with Crippen LogP contribution >= 0.6 is 0 Å². The fourth-order valence-corrected chi connectivity index (χ4v) is 3.86. The second kappa shape index (κ2) is 7.13. The van der Waals surface area contributed by atoms with Crippen LogP contribution in [-0.2, 0) is 0 Å². The van der Waals surface area contributed by atoms with Crippen LogP contribution in [0.5, 0.6) is 0 Å². The Bertz CT molecular complexity index is 1160. The Labute approximate surface area is 175 Å². The Morgan fingerprint density at radius 2 is 1.00 bits per heavy atom. The summed E-state index contributed by atoms with van der Waals surface area (Å²) in [5, 5.41) is 9.16. The summed E-state index contributed by atoms with van der Waals surface area (Å²) in [6, 6.07) is 34.0. The Morgan fingerprint density at radius 1 is 0.600 bits per heavy atom. The minimum atomic E-state index is 0.622. The molecule has 0 bridgehead atoms. The quantitative estimate of drug-likeness (QED) is 0.298. The van der Waals surface area contributed by atoms with Crippen LogP contribution in [0.4, 0.5) is 39.8 Å². The molecule has 0 fully saturated rings. The predicted molar refractivity (Wildman–Crippen MR) is 120 cm³/mol. The normalized spacial score (nSPS) is 11.8. The number of nitrogens with zero attached hydrogens (tertiary/aromatic N) is 4. The first kappa shape index (κ1) is 17.6. The molecule has 5 rings (SSSR count). The van der Waals surface area contributed by atoms with Gasteiger partial charge in [-0.1, -0.05) is 36.4 Å². The highest BCUT2D eigenvalue weighted by Crippen LogP contribution is 2.53. The number of hydrogen-bond acceptors (Lipinski definition) is 3. The number of nitriles is 1. The van der Waals surface area contributed by atoms with Crippen LogP contribution in [0.15, 0.2) is 97.1 Å². The van der Waals surface area contributed by atoms with Gasteiger partial charge in [0, 0.05) is 11.4 Å². The summed E-state index contributed by atoms with van der Waals surface area (Å²) in [6.45, 7) is 7.23. The minimum Gasteiger partial charge on any atom is -0.306 e. The van der Waals surface area contributed by atoms with Crippen LogP contribution in [0, 0.1) is 17.9 Å². The Kier molecular flexibility index (Phi) is 4.17. The maximum absolute atomic E-state index is 9.16. The number of rotatable bonds is 2. The van der Waals surface area contributed by atoms with Crippen molar-refractivity contribution in [3.63, 3.8) is 0 Å². The van der Waals surface area contributed by atoms with E-state index in [1.165, 1.54) is 0 Å². The van der Waals surface area contributed by atoms with Crippen LogP contribution in [0.2, 0.25) is 0 Å². The number of para-hydroxylation sites is 4. The lowest BCUT2D eigenvalue weighted by Gasteiger charge is -2.40. The molecule has 30 heavy (non-hydrogen) atoms. The Balaban J connectivity index is 1.73. The Hall–Kier alpha value is -4.54. The lowest BCUT2D eigenvalue weighted by Crippen LogP contribution is -2.23. The third-order valence-electron chi connectivity index (χ3n) is 5.22. The number of benzene rings is 4. The van der Waals surface area contributed by atoms with Crippen molar-refractivity contribution >= 4 is 39.8 Å². The fourth-order valence-electron chi connectivity index (χ4n) is 3.86. The third kappa shape index (κ3) is 2.76. The average Bonchev–Trinajstić information content (AvgIpc) is 2.82. The Morgan fingerprint density at radius 3 is 1.37 bits per heavy atom. The van der Waals surface area contributed by atoms with E-state index < -0.39 is 0 Å². The maximum Gasteiger partial charge on any atom is 0.187 e. The van der Waals surface area contributed by atoms with Gasteiger partial charge in [0.15, 0.2) is 5.69 Å². The van der Waals surface area contributed by atoms with Gasteiger partial charge in [-0.05, 0) is 60.7 Å². The zero-order chi connectivity index (χ0) is 20.5. The molecule has 140 valence electrons. The van der Waals surface area contributed by atoms with Crippen LogP contribution in [-0.4, -0.2) is 0 Å². The van der Waals surface area contributed by atoms with E-state index in [0.717, 1.165) is 34.1 Å². The topological polar surface area (TPSA) is 34.6 Å². The molecule has 0 atom stereocenters. The van der Waals surface area contributed by atoms with Gasteiger partial charge in [-0.15, -0.1) is 0 Å². The van der Waals surface area contributed by atoms with E-state index in [0.29, 0.717) is 11.3 Å². The summed E-state index contributed by atoms with van der Waals surface area (Å²) in [7, 11) is 0. The van der Waals surface area contributed by atoms with Crippen molar-refractivity contribution in [2.24, 2.45) is 0 Å². The number of fused-ring (bicyclic) bond motifs is 2. The highest BCUT2D eigenvalue weighted by atomic mass is 15.3. The van der Waals surface area contributed by atoms with Gasteiger partial charge in [-0.3, -0.25) is 0 Å². The summed E-state index contributed by atoms with van der Waals surface area (Å²) in [4.78, 5) is 7.95. The molecule has 1 aliphatic rings. The van der Waals surface area contributed by atoms with E-state index in [1.807, 2.05) is 72.8 Å². The molecule has 0 saturated carbocycles. The molecule has 0 N–H and O–H groups in total. The van der Waals surface area contributed by atoms with Crippen molar-refractivity contribution in [2.75, 3.05) is 9.80 Å². The number of anilines is 6. The van der Waals surface area contributed by atoms with Gasteiger partial charge < -0.3 is 9.80 Å². The van der Waals surface area contributed by atoms with Gasteiger partial charge >= 0.3 is 0 Å². The van der Waals surface area contributed by atoms with E-state index in [-0.39, 0.29) is 0 Å². The molecule has 0 unspecified atom stereocenters. The molecule has 4 aromatic carbocycles. The molecule has 4 nitrogen and oxygen atoms in total. The average molecular weight is 384 g/mol. The SMILES string of the molecule is [C-]#[N+]c1ccc(N2c3ccccc3N(c3ccc(C#N)cc3)c3ccccc32)cc1. The smallest absolute Gasteiger partial charge is 0.187 e. The van der Waals surface area contributed by atoms with Crippen molar-refractivity contribution in [1.29, 1.82) is 5.26 Å². The molecular weight excluding hydrogens is 368 g/mol. The minimum absolute atomic E-state index is 0.622. The van der Waals surface area contributed by atoms with Crippen molar-refractivity contribution in [2.45, 2.75) is 0 Å². The van der Waals surface area contributed by atoms with E-state index in [4.69, 9.17) is 11.8 Å². The van der Waals surface area contributed by atoms with Crippen LogP contribution in [0.1, 0.15) is 5.56 Å². The van der Waals surface area contributed by atoms with Crippen molar-refractivity contribution in [3.05, 3.63) is 114 Å². The van der Waals surface area contributed by atoms with Crippen LogP contribution < -0.4 is 9.80 Å². The first-order chi connectivity index (χ1) is 14.8. The second-order valence-corrected chi connectivity index (χ2v) is 6.94. The lowest BCUT2D eigenvalue weighted by molar-refractivity contribution is 1.17. The molecule has 0 aliphatic carbocycles. The zero-order valence-corrected chi connectivity index (χ0v) is 16.0.